The molecule has 0 heterocycles. The number of aliphatic carboxylic acids is 1. The minimum Gasteiger partial charge on any atom is -0.481 e. The zero-order chi connectivity index (χ0) is 16.4. The summed E-state index contributed by atoms with van der Waals surface area (Å²) in [6.07, 6.45) is 9.25. The van der Waals surface area contributed by atoms with Crippen LogP contribution in [0.5, 0.6) is 0 Å². The SMILES string of the molecule is CC(C)=CCCC(C)CCCc1ccc(CCC(=O)O)cc1. The number of aryl methyl sites for hydroxylation is 2. The lowest BCUT2D eigenvalue weighted by Crippen LogP contribution is -1.98. The van der Waals surface area contributed by atoms with E-state index in [-0.39, 0.29) is 6.42 Å². The summed E-state index contributed by atoms with van der Waals surface area (Å²) in [5.74, 6) is 0.0524. The number of carbonyl (C=O) groups is 1. The van der Waals surface area contributed by atoms with Crippen molar-refractivity contribution >= 4 is 5.97 Å². The molecular formula is C20H30O2. The van der Waals surface area contributed by atoms with Crippen molar-refractivity contribution in [2.45, 2.75) is 65.7 Å². The monoisotopic (exact) mass is 302 g/mol. The maximum atomic E-state index is 10.6. The summed E-state index contributed by atoms with van der Waals surface area (Å²) in [6, 6.07) is 8.42. The lowest BCUT2D eigenvalue weighted by Gasteiger charge is -2.10. The van der Waals surface area contributed by atoms with Crippen molar-refractivity contribution in [3.8, 4) is 0 Å². The maximum Gasteiger partial charge on any atom is 0.303 e. The molecule has 0 saturated heterocycles. The van der Waals surface area contributed by atoms with Crippen LogP contribution >= 0.6 is 0 Å². The Morgan fingerprint density at radius 2 is 1.68 bits per heavy atom. The summed E-state index contributed by atoms with van der Waals surface area (Å²) in [4.78, 5) is 10.6. The number of hydrogen-bond donors (Lipinski definition) is 1. The van der Waals surface area contributed by atoms with Crippen molar-refractivity contribution < 1.29 is 9.90 Å². The van der Waals surface area contributed by atoms with Crippen molar-refractivity contribution in [2.24, 2.45) is 5.92 Å². The molecule has 0 bridgehead atoms. The molecule has 2 heteroatoms. The number of hydrogen-bond acceptors (Lipinski definition) is 1. The Kier molecular flexibility index (Phi) is 8.57. The van der Waals surface area contributed by atoms with Gasteiger partial charge in [-0.15, -0.1) is 0 Å². The van der Waals surface area contributed by atoms with Crippen LogP contribution in [0.25, 0.3) is 0 Å². The lowest BCUT2D eigenvalue weighted by atomic mass is 9.96. The zero-order valence-corrected chi connectivity index (χ0v) is 14.3. The molecule has 1 N–H and O–H groups in total. The van der Waals surface area contributed by atoms with E-state index in [2.05, 4.69) is 51.1 Å². The summed E-state index contributed by atoms with van der Waals surface area (Å²) in [5, 5.41) is 8.69. The fourth-order valence-electron chi connectivity index (χ4n) is 2.58. The molecule has 1 rings (SSSR count). The lowest BCUT2D eigenvalue weighted by molar-refractivity contribution is -0.136. The van der Waals surface area contributed by atoms with Gasteiger partial charge in [0.05, 0.1) is 0 Å². The second kappa shape index (κ2) is 10.2. The minimum absolute atomic E-state index is 0.211. The highest BCUT2D eigenvalue weighted by atomic mass is 16.4. The molecule has 1 aromatic carbocycles. The van der Waals surface area contributed by atoms with Crippen molar-refractivity contribution in [3.63, 3.8) is 0 Å². The van der Waals surface area contributed by atoms with E-state index in [9.17, 15) is 4.79 Å². The van der Waals surface area contributed by atoms with Gasteiger partial charge in [0.15, 0.2) is 0 Å². The second-order valence-corrected chi connectivity index (χ2v) is 6.57. The number of carboxylic acids is 1. The number of benzene rings is 1. The molecule has 22 heavy (non-hydrogen) atoms. The summed E-state index contributed by atoms with van der Waals surface area (Å²) in [7, 11) is 0. The molecule has 0 spiro atoms. The first kappa shape index (κ1) is 18.5. The summed E-state index contributed by atoms with van der Waals surface area (Å²) in [6.45, 7) is 6.66. The Morgan fingerprint density at radius 1 is 1.09 bits per heavy atom. The highest BCUT2D eigenvalue weighted by Crippen LogP contribution is 2.16. The van der Waals surface area contributed by atoms with Gasteiger partial charge in [-0.2, -0.15) is 0 Å². The highest BCUT2D eigenvalue weighted by Gasteiger charge is 2.03. The third-order valence-corrected chi connectivity index (χ3v) is 4.02. The Labute approximate surface area is 135 Å². The predicted octanol–water partition coefficient (Wildman–Crippen LogP) is 5.41. The quantitative estimate of drug-likeness (QED) is 0.587. The smallest absolute Gasteiger partial charge is 0.303 e. The summed E-state index contributed by atoms with van der Waals surface area (Å²) in [5.41, 5.74) is 3.88. The van der Waals surface area contributed by atoms with E-state index < -0.39 is 5.97 Å². The molecule has 0 saturated carbocycles. The van der Waals surface area contributed by atoms with E-state index in [0.717, 1.165) is 17.9 Å². The summed E-state index contributed by atoms with van der Waals surface area (Å²) >= 11 is 0. The van der Waals surface area contributed by atoms with E-state index in [4.69, 9.17) is 5.11 Å². The van der Waals surface area contributed by atoms with E-state index in [1.165, 1.54) is 36.8 Å². The van der Waals surface area contributed by atoms with Crippen LogP contribution < -0.4 is 0 Å². The summed E-state index contributed by atoms with van der Waals surface area (Å²) < 4.78 is 0. The largest absolute Gasteiger partial charge is 0.481 e. The molecule has 0 aliphatic carbocycles. The number of rotatable bonds is 10. The van der Waals surface area contributed by atoms with Gasteiger partial charge in [0.25, 0.3) is 0 Å². The molecule has 122 valence electrons. The first-order chi connectivity index (χ1) is 10.5. The van der Waals surface area contributed by atoms with Crippen LogP contribution in [0, 0.1) is 5.92 Å². The predicted molar refractivity (Wildman–Crippen MR) is 93.2 cm³/mol. The van der Waals surface area contributed by atoms with Gasteiger partial charge in [-0.1, -0.05) is 49.3 Å². The van der Waals surface area contributed by atoms with Gasteiger partial charge in [0.1, 0.15) is 0 Å². The minimum atomic E-state index is -0.730. The molecule has 1 unspecified atom stereocenters. The van der Waals surface area contributed by atoms with Crippen LogP contribution in [0.2, 0.25) is 0 Å². The first-order valence-corrected chi connectivity index (χ1v) is 8.40. The van der Waals surface area contributed by atoms with Gasteiger partial charge in [0.2, 0.25) is 0 Å². The Hall–Kier alpha value is -1.57. The van der Waals surface area contributed by atoms with Crippen molar-refractivity contribution in [1.29, 1.82) is 0 Å². The van der Waals surface area contributed by atoms with Gasteiger partial charge >= 0.3 is 5.97 Å². The molecule has 0 amide bonds. The molecule has 0 aromatic heterocycles. The fourth-order valence-corrected chi connectivity index (χ4v) is 2.58. The standard InChI is InChI=1S/C20H30O2/c1-16(2)6-4-7-17(3)8-5-9-18-10-12-19(13-11-18)14-15-20(21)22/h6,10-13,17H,4-5,7-9,14-15H2,1-3H3,(H,21,22). The molecule has 0 aliphatic heterocycles. The number of carboxylic acid groups (broad SMARTS) is 1. The Balaban J connectivity index is 2.24. The average molecular weight is 302 g/mol. The van der Waals surface area contributed by atoms with Crippen LogP contribution in [0.1, 0.15) is 64.0 Å². The zero-order valence-electron chi connectivity index (χ0n) is 14.3. The third kappa shape index (κ3) is 8.66. The van der Waals surface area contributed by atoms with Crippen molar-refractivity contribution in [3.05, 3.63) is 47.0 Å². The molecule has 0 fully saturated rings. The van der Waals surface area contributed by atoms with Crippen molar-refractivity contribution in [1.82, 2.24) is 0 Å². The topological polar surface area (TPSA) is 37.3 Å². The van der Waals surface area contributed by atoms with Crippen LogP contribution in [0.15, 0.2) is 35.9 Å². The molecule has 1 aromatic rings. The normalized spacial score (nSPS) is 12.0. The average Bonchev–Trinajstić information content (AvgIpc) is 2.46. The molecular weight excluding hydrogens is 272 g/mol. The highest BCUT2D eigenvalue weighted by molar-refractivity contribution is 5.67. The molecule has 1 atom stereocenters. The van der Waals surface area contributed by atoms with E-state index in [1.807, 2.05) is 0 Å². The van der Waals surface area contributed by atoms with Crippen LogP contribution in [0.3, 0.4) is 0 Å². The van der Waals surface area contributed by atoms with Gasteiger partial charge in [-0.3, -0.25) is 4.79 Å². The van der Waals surface area contributed by atoms with E-state index in [0.29, 0.717) is 6.42 Å². The molecule has 0 radical (unpaired) electrons. The Morgan fingerprint density at radius 3 is 2.23 bits per heavy atom. The first-order valence-electron chi connectivity index (χ1n) is 8.40. The second-order valence-electron chi connectivity index (χ2n) is 6.57. The molecule has 2 nitrogen and oxygen atoms in total. The maximum absolute atomic E-state index is 10.6. The third-order valence-electron chi connectivity index (χ3n) is 4.02. The molecule has 0 aliphatic rings. The van der Waals surface area contributed by atoms with Crippen LogP contribution in [-0.4, -0.2) is 11.1 Å². The van der Waals surface area contributed by atoms with Gasteiger partial charge in [-0.25, -0.2) is 0 Å². The van der Waals surface area contributed by atoms with Crippen LogP contribution in [-0.2, 0) is 17.6 Å². The van der Waals surface area contributed by atoms with Gasteiger partial charge in [-0.05, 0) is 63.0 Å². The Bertz CT molecular complexity index is 467. The van der Waals surface area contributed by atoms with Crippen molar-refractivity contribution in [2.75, 3.05) is 0 Å². The van der Waals surface area contributed by atoms with Gasteiger partial charge in [0, 0.05) is 6.42 Å². The fraction of sp³-hybridized carbons (Fsp3) is 0.550. The van der Waals surface area contributed by atoms with Crippen LogP contribution in [0.4, 0.5) is 0 Å². The van der Waals surface area contributed by atoms with Gasteiger partial charge < -0.3 is 5.11 Å². The van der Waals surface area contributed by atoms with E-state index in [1.54, 1.807) is 0 Å². The van der Waals surface area contributed by atoms with E-state index >= 15 is 0 Å². The number of allylic oxidation sites excluding steroid dienone is 2.